The molecule has 4 nitrogen and oxygen atoms in total. The summed E-state index contributed by atoms with van der Waals surface area (Å²) in [5, 5.41) is 4.32. The van der Waals surface area contributed by atoms with E-state index in [0.29, 0.717) is 12.0 Å². The summed E-state index contributed by atoms with van der Waals surface area (Å²) >= 11 is 0. The van der Waals surface area contributed by atoms with Gasteiger partial charge in [-0.1, -0.05) is 18.2 Å². The summed E-state index contributed by atoms with van der Waals surface area (Å²) in [4.78, 5) is 10.9. The summed E-state index contributed by atoms with van der Waals surface area (Å²) in [6.07, 6.45) is 1.85. The molecule has 1 atom stereocenters. The van der Waals surface area contributed by atoms with Crippen LogP contribution in [0.1, 0.15) is 6.92 Å². The van der Waals surface area contributed by atoms with Gasteiger partial charge in [-0.3, -0.25) is 0 Å². The molecule has 1 unspecified atom stereocenters. The number of aromatic nitrogens is 2. The lowest BCUT2D eigenvalue weighted by atomic mass is 10.2. The van der Waals surface area contributed by atoms with E-state index in [-0.39, 0.29) is 0 Å². The molecule has 0 saturated carbocycles. The molecule has 0 amide bonds. The molecule has 0 bridgehead atoms. The molecule has 1 N–H and O–H groups in total. The Bertz CT molecular complexity index is 495. The maximum absolute atomic E-state index is 4.47. The van der Waals surface area contributed by atoms with Crippen LogP contribution in [0.3, 0.4) is 0 Å². The van der Waals surface area contributed by atoms with Crippen LogP contribution in [0.15, 0.2) is 30.5 Å². The van der Waals surface area contributed by atoms with Crippen molar-refractivity contribution in [3.8, 4) is 0 Å². The van der Waals surface area contributed by atoms with Crippen LogP contribution in [-0.2, 0) is 0 Å². The van der Waals surface area contributed by atoms with E-state index in [4.69, 9.17) is 0 Å². The molecule has 0 radical (unpaired) electrons. The van der Waals surface area contributed by atoms with E-state index >= 15 is 0 Å². The van der Waals surface area contributed by atoms with E-state index < -0.39 is 0 Å². The van der Waals surface area contributed by atoms with E-state index in [2.05, 4.69) is 41.2 Å². The lowest BCUT2D eigenvalue weighted by molar-refractivity contribution is 0.326. The normalized spacial score (nSPS) is 12.9. The van der Waals surface area contributed by atoms with Crippen LogP contribution in [-0.4, -0.2) is 41.5 Å². The number of benzene rings is 1. The number of hydrogen-bond donors (Lipinski definition) is 1. The van der Waals surface area contributed by atoms with Crippen molar-refractivity contribution >= 4 is 16.9 Å². The lowest BCUT2D eigenvalue weighted by Gasteiger charge is -2.19. The topological polar surface area (TPSA) is 41.1 Å². The van der Waals surface area contributed by atoms with Gasteiger partial charge in [-0.25, -0.2) is 9.97 Å². The minimum atomic E-state index is 0.449. The average Bonchev–Trinajstić information content (AvgIpc) is 2.35. The van der Waals surface area contributed by atoms with E-state index in [0.717, 1.165) is 17.4 Å². The van der Waals surface area contributed by atoms with Crippen molar-refractivity contribution in [2.75, 3.05) is 26.0 Å². The van der Waals surface area contributed by atoms with Crippen molar-refractivity contribution in [3.63, 3.8) is 0 Å². The van der Waals surface area contributed by atoms with E-state index in [1.807, 2.05) is 30.5 Å². The largest absolute Gasteiger partial charge is 0.353 e. The van der Waals surface area contributed by atoms with Gasteiger partial charge in [0.1, 0.15) is 0 Å². The maximum Gasteiger partial charge on any atom is 0.223 e. The third kappa shape index (κ3) is 2.91. The Labute approximate surface area is 102 Å². The third-order valence-corrected chi connectivity index (χ3v) is 2.93. The maximum atomic E-state index is 4.47. The third-order valence-electron chi connectivity index (χ3n) is 2.93. The van der Waals surface area contributed by atoms with Crippen LogP contribution >= 0.6 is 0 Å². The van der Waals surface area contributed by atoms with Crippen LogP contribution in [0.5, 0.6) is 0 Å². The van der Waals surface area contributed by atoms with Gasteiger partial charge in [0, 0.05) is 24.2 Å². The molecular formula is C13H18N4. The Morgan fingerprint density at radius 1 is 1.29 bits per heavy atom. The van der Waals surface area contributed by atoms with Gasteiger partial charge in [0.15, 0.2) is 0 Å². The van der Waals surface area contributed by atoms with Crippen LogP contribution in [0.25, 0.3) is 10.9 Å². The van der Waals surface area contributed by atoms with Gasteiger partial charge < -0.3 is 10.2 Å². The summed E-state index contributed by atoms with van der Waals surface area (Å²) in [5.41, 5.74) is 0.975. The van der Waals surface area contributed by atoms with Crippen molar-refractivity contribution in [1.82, 2.24) is 14.9 Å². The molecule has 1 aromatic heterocycles. The highest BCUT2D eigenvalue weighted by Crippen LogP contribution is 2.11. The van der Waals surface area contributed by atoms with E-state index in [9.17, 15) is 0 Å². The molecule has 0 spiro atoms. The fraction of sp³-hybridized carbons (Fsp3) is 0.385. The second-order valence-electron chi connectivity index (χ2n) is 4.45. The van der Waals surface area contributed by atoms with Gasteiger partial charge in [-0.05, 0) is 27.1 Å². The Kier molecular flexibility index (Phi) is 3.54. The second kappa shape index (κ2) is 5.10. The monoisotopic (exact) mass is 230 g/mol. The molecule has 2 aromatic rings. The van der Waals surface area contributed by atoms with Gasteiger partial charge in [0.05, 0.1) is 5.52 Å². The van der Waals surface area contributed by atoms with Crippen molar-refractivity contribution < 1.29 is 0 Å². The highest BCUT2D eigenvalue weighted by Gasteiger charge is 2.05. The lowest BCUT2D eigenvalue weighted by Crippen LogP contribution is -2.31. The Hall–Kier alpha value is -1.68. The standard InChI is InChI=1S/C13H18N4/c1-10(17(2)3)8-14-13-15-9-11-6-4-5-7-12(11)16-13/h4-7,9-10H,8H2,1-3H3,(H,14,15,16). The first kappa shape index (κ1) is 11.8. The van der Waals surface area contributed by atoms with Crippen molar-refractivity contribution in [3.05, 3.63) is 30.5 Å². The molecule has 4 heteroatoms. The molecule has 0 aliphatic rings. The van der Waals surface area contributed by atoms with Crippen molar-refractivity contribution in [1.29, 1.82) is 0 Å². The molecule has 17 heavy (non-hydrogen) atoms. The molecule has 1 aromatic carbocycles. The minimum Gasteiger partial charge on any atom is -0.353 e. The summed E-state index contributed by atoms with van der Waals surface area (Å²) in [7, 11) is 4.13. The first-order valence-corrected chi connectivity index (χ1v) is 5.79. The van der Waals surface area contributed by atoms with Crippen LogP contribution in [0.2, 0.25) is 0 Å². The molecule has 0 aliphatic heterocycles. The van der Waals surface area contributed by atoms with Crippen molar-refractivity contribution in [2.45, 2.75) is 13.0 Å². The molecule has 1 heterocycles. The Morgan fingerprint density at radius 3 is 2.82 bits per heavy atom. The fourth-order valence-corrected chi connectivity index (χ4v) is 1.48. The van der Waals surface area contributed by atoms with E-state index in [1.165, 1.54) is 0 Å². The highest BCUT2D eigenvalue weighted by molar-refractivity contribution is 5.78. The molecule has 0 aliphatic carbocycles. The smallest absolute Gasteiger partial charge is 0.223 e. The van der Waals surface area contributed by atoms with Crippen LogP contribution in [0, 0.1) is 0 Å². The summed E-state index contributed by atoms with van der Waals surface area (Å²) < 4.78 is 0. The Balaban J connectivity index is 2.09. The fourth-order valence-electron chi connectivity index (χ4n) is 1.48. The number of nitrogens with one attached hydrogen (secondary N) is 1. The number of para-hydroxylation sites is 1. The number of hydrogen-bond acceptors (Lipinski definition) is 4. The number of nitrogens with zero attached hydrogens (tertiary/aromatic N) is 3. The van der Waals surface area contributed by atoms with Gasteiger partial charge >= 0.3 is 0 Å². The zero-order valence-corrected chi connectivity index (χ0v) is 10.5. The van der Waals surface area contributed by atoms with Crippen LogP contribution in [0.4, 0.5) is 5.95 Å². The predicted octanol–water partition coefficient (Wildman–Crippen LogP) is 1.99. The highest BCUT2D eigenvalue weighted by atomic mass is 15.2. The van der Waals surface area contributed by atoms with E-state index in [1.54, 1.807) is 0 Å². The van der Waals surface area contributed by atoms with Gasteiger partial charge in [0.25, 0.3) is 0 Å². The van der Waals surface area contributed by atoms with Gasteiger partial charge in [-0.15, -0.1) is 0 Å². The second-order valence-corrected chi connectivity index (χ2v) is 4.45. The van der Waals surface area contributed by atoms with Gasteiger partial charge in [-0.2, -0.15) is 0 Å². The van der Waals surface area contributed by atoms with Gasteiger partial charge in [0.2, 0.25) is 5.95 Å². The number of rotatable bonds is 4. The minimum absolute atomic E-state index is 0.449. The Morgan fingerprint density at radius 2 is 2.06 bits per heavy atom. The molecule has 2 rings (SSSR count). The van der Waals surface area contributed by atoms with Crippen molar-refractivity contribution in [2.24, 2.45) is 0 Å². The first-order chi connectivity index (χ1) is 8.16. The average molecular weight is 230 g/mol. The molecule has 0 saturated heterocycles. The first-order valence-electron chi connectivity index (χ1n) is 5.79. The van der Waals surface area contributed by atoms with Crippen LogP contribution < -0.4 is 5.32 Å². The zero-order valence-electron chi connectivity index (χ0n) is 10.5. The number of anilines is 1. The number of fused-ring (bicyclic) bond motifs is 1. The predicted molar refractivity (Wildman–Crippen MR) is 71.2 cm³/mol. The molecule has 90 valence electrons. The summed E-state index contributed by atoms with van der Waals surface area (Å²) in [5.74, 6) is 0.692. The summed E-state index contributed by atoms with van der Waals surface area (Å²) in [6, 6.07) is 8.44. The SMILES string of the molecule is CC(CNc1ncc2ccccc2n1)N(C)C. The molecule has 0 fully saturated rings. The number of likely N-dealkylation sites (N-methyl/N-ethyl adjacent to an activating group) is 1. The quantitative estimate of drug-likeness (QED) is 0.872. The molecular weight excluding hydrogens is 212 g/mol. The zero-order chi connectivity index (χ0) is 12.3. The summed E-state index contributed by atoms with van der Waals surface area (Å²) in [6.45, 7) is 3.00.